The Morgan fingerprint density at radius 1 is 1.00 bits per heavy atom. The maximum atomic E-state index is 11.9. The van der Waals surface area contributed by atoms with Crippen LogP contribution in [-0.2, 0) is 4.79 Å². The standard InChI is InChI=1S/C20H20N2O2/c1-14-2-9-17(10-3-14)21-19(23)13-6-15-4-7-16(8-5-15)20(24)22-18-11-12-18/h2-10,13,18H,11-12H2,1H3,(H,21,23)(H,22,24). The molecule has 2 amide bonds. The van der Waals surface area contributed by atoms with Crippen molar-refractivity contribution >= 4 is 23.6 Å². The molecule has 0 aliphatic heterocycles. The number of amides is 2. The first-order valence-corrected chi connectivity index (χ1v) is 8.07. The largest absolute Gasteiger partial charge is 0.349 e. The van der Waals surface area contributed by atoms with Crippen LogP contribution in [0.3, 0.4) is 0 Å². The fourth-order valence-electron chi connectivity index (χ4n) is 2.23. The third-order valence-electron chi connectivity index (χ3n) is 3.83. The molecule has 24 heavy (non-hydrogen) atoms. The Labute approximate surface area is 141 Å². The Bertz CT molecular complexity index is 757. The van der Waals surface area contributed by atoms with Crippen LogP contribution in [0.2, 0.25) is 0 Å². The van der Waals surface area contributed by atoms with Crippen molar-refractivity contribution in [2.45, 2.75) is 25.8 Å². The molecule has 0 bridgehead atoms. The summed E-state index contributed by atoms with van der Waals surface area (Å²) in [6.07, 6.45) is 5.36. The molecule has 4 heteroatoms. The summed E-state index contributed by atoms with van der Waals surface area (Å²) in [5.41, 5.74) is 3.43. The fourth-order valence-corrected chi connectivity index (χ4v) is 2.23. The van der Waals surface area contributed by atoms with Crippen LogP contribution in [0.4, 0.5) is 5.69 Å². The smallest absolute Gasteiger partial charge is 0.251 e. The second kappa shape index (κ2) is 7.13. The molecule has 0 aromatic heterocycles. The van der Waals surface area contributed by atoms with Crippen molar-refractivity contribution in [3.05, 3.63) is 71.3 Å². The highest BCUT2D eigenvalue weighted by molar-refractivity contribution is 6.02. The van der Waals surface area contributed by atoms with Crippen molar-refractivity contribution in [3.63, 3.8) is 0 Å². The Morgan fingerprint density at radius 2 is 1.67 bits per heavy atom. The van der Waals surface area contributed by atoms with Gasteiger partial charge in [-0.3, -0.25) is 9.59 Å². The van der Waals surface area contributed by atoms with E-state index in [1.807, 2.05) is 43.3 Å². The van der Waals surface area contributed by atoms with Crippen molar-refractivity contribution in [1.82, 2.24) is 5.32 Å². The van der Waals surface area contributed by atoms with Crippen LogP contribution < -0.4 is 10.6 Å². The molecule has 2 aromatic rings. The van der Waals surface area contributed by atoms with E-state index in [0.717, 1.165) is 29.7 Å². The van der Waals surface area contributed by atoms with Gasteiger partial charge in [0.2, 0.25) is 5.91 Å². The predicted octanol–water partition coefficient (Wildman–Crippen LogP) is 3.54. The number of anilines is 1. The minimum Gasteiger partial charge on any atom is -0.349 e. The van der Waals surface area contributed by atoms with Gasteiger partial charge < -0.3 is 10.6 Å². The highest BCUT2D eigenvalue weighted by Crippen LogP contribution is 2.19. The second-order valence-corrected chi connectivity index (χ2v) is 6.06. The molecule has 3 rings (SSSR count). The summed E-state index contributed by atoms with van der Waals surface area (Å²) >= 11 is 0. The Morgan fingerprint density at radius 3 is 2.29 bits per heavy atom. The maximum Gasteiger partial charge on any atom is 0.251 e. The summed E-state index contributed by atoms with van der Waals surface area (Å²) in [6.45, 7) is 2.00. The van der Waals surface area contributed by atoms with Crippen molar-refractivity contribution in [1.29, 1.82) is 0 Å². The third-order valence-corrected chi connectivity index (χ3v) is 3.83. The number of benzene rings is 2. The first-order chi connectivity index (χ1) is 11.6. The van der Waals surface area contributed by atoms with Crippen LogP contribution in [0.25, 0.3) is 6.08 Å². The zero-order chi connectivity index (χ0) is 16.9. The van der Waals surface area contributed by atoms with Crippen LogP contribution in [0.5, 0.6) is 0 Å². The van der Waals surface area contributed by atoms with Crippen molar-refractivity contribution in [3.8, 4) is 0 Å². The molecule has 1 saturated carbocycles. The number of nitrogens with one attached hydrogen (secondary N) is 2. The highest BCUT2D eigenvalue weighted by atomic mass is 16.2. The highest BCUT2D eigenvalue weighted by Gasteiger charge is 2.23. The molecule has 122 valence electrons. The summed E-state index contributed by atoms with van der Waals surface area (Å²) in [5.74, 6) is -0.223. The zero-order valence-electron chi connectivity index (χ0n) is 13.6. The molecular formula is C20H20N2O2. The lowest BCUT2D eigenvalue weighted by molar-refractivity contribution is -0.111. The predicted molar refractivity (Wildman–Crippen MR) is 95.8 cm³/mol. The van der Waals surface area contributed by atoms with Crippen molar-refractivity contribution in [2.75, 3.05) is 5.32 Å². The van der Waals surface area contributed by atoms with Crippen LogP contribution in [-0.4, -0.2) is 17.9 Å². The molecule has 4 nitrogen and oxygen atoms in total. The lowest BCUT2D eigenvalue weighted by Gasteiger charge is -2.04. The minimum atomic E-state index is -0.186. The van der Waals surface area contributed by atoms with E-state index in [4.69, 9.17) is 0 Å². The Kier molecular flexibility index (Phi) is 4.75. The van der Waals surface area contributed by atoms with Gasteiger partial charge in [-0.25, -0.2) is 0 Å². The van der Waals surface area contributed by atoms with Gasteiger partial charge in [-0.05, 0) is 55.7 Å². The van der Waals surface area contributed by atoms with Gasteiger partial charge in [0.25, 0.3) is 5.91 Å². The molecule has 1 fully saturated rings. The number of carbonyl (C=O) groups excluding carboxylic acids is 2. The molecule has 2 N–H and O–H groups in total. The monoisotopic (exact) mass is 320 g/mol. The fraction of sp³-hybridized carbons (Fsp3) is 0.200. The van der Waals surface area contributed by atoms with E-state index in [1.165, 1.54) is 6.08 Å². The Balaban J connectivity index is 1.56. The molecular weight excluding hydrogens is 300 g/mol. The molecule has 0 saturated heterocycles. The molecule has 1 aliphatic rings. The average Bonchev–Trinajstić information content (AvgIpc) is 3.39. The van der Waals surface area contributed by atoms with Gasteiger partial charge in [0.05, 0.1) is 0 Å². The van der Waals surface area contributed by atoms with Gasteiger partial charge >= 0.3 is 0 Å². The van der Waals surface area contributed by atoms with E-state index in [9.17, 15) is 9.59 Å². The van der Waals surface area contributed by atoms with E-state index in [0.29, 0.717) is 11.6 Å². The molecule has 0 atom stereocenters. The van der Waals surface area contributed by atoms with Crippen LogP contribution in [0.15, 0.2) is 54.6 Å². The van der Waals surface area contributed by atoms with E-state index in [2.05, 4.69) is 10.6 Å². The van der Waals surface area contributed by atoms with E-state index >= 15 is 0 Å². The lowest BCUT2D eigenvalue weighted by Crippen LogP contribution is -2.25. The van der Waals surface area contributed by atoms with Gasteiger partial charge in [0, 0.05) is 23.4 Å². The number of aryl methyl sites for hydroxylation is 1. The summed E-state index contributed by atoms with van der Waals surface area (Å²) in [6, 6.07) is 15.2. The van der Waals surface area contributed by atoms with E-state index < -0.39 is 0 Å². The topological polar surface area (TPSA) is 58.2 Å². The van der Waals surface area contributed by atoms with Crippen LogP contribution in [0, 0.1) is 6.92 Å². The van der Waals surface area contributed by atoms with E-state index in [-0.39, 0.29) is 11.8 Å². The zero-order valence-corrected chi connectivity index (χ0v) is 13.6. The quantitative estimate of drug-likeness (QED) is 0.828. The van der Waals surface area contributed by atoms with Gasteiger partial charge in [0.1, 0.15) is 0 Å². The Hall–Kier alpha value is -2.88. The first-order valence-electron chi connectivity index (χ1n) is 8.07. The van der Waals surface area contributed by atoms with Gasteiger partial charge in [-0.1, -0.05) is 29.8 Å². The van der Waals surface area contributed by atoms with Gasteiger partial charge in [0.15, 0.2) is 0 Å². The maximum absolute atomic E-state index is 11.9. The minimum absolute atomic E-state index is 0.0369. The summed E-state index contributed by atoms with van der Waals surface area (Å²) in [7, 11) is 0. The molecule has 2 aromatic carbocycles. The average molecular weight is 320 g/mol. The molecule has 1 aliphatic carbocycles. The van der Waals surface area contributed by atoms with Gasteiger partial charge in [-0.2, -0.15) is 0 Å². The summed E-state index contributed by atoms with van der Waals surface area (Å²) in [4.78, 5) is 23.8. The normalized spacial score (nSPS) is 13.7. The summed E-state index contributed by atoms with van der Waals surface area (Å²) < 4.78 is 0. The third kappa shape index (κ3) is 4.56. The van der Waals surface area contributed by atoms with Gasteiger partial charge in [-0.15, -0.1) is 0 Å². The van der Waals surface area contributed by atoms with E-state index in [1.54, 1.807) is 18.2 Å². The number of hydrogen-bond donors (Lipinski definition) is 2. The summed E-state index contributed by atoms with van der Waals surface area (Å²) in [5, 5.41) is 5.76. The number of hydrogen-bond acceptors (Lipinski definition) is 2. The van der Waals surface area contributed by atoms with Crippen molar-refractivity contribution in [2.24, 2.45) is 0 Å². The molecule has 0 heterocycles. The van der Waals surface area contributed by atoms with Crippen LogP contribution in [0.1, 0.15) is 34.3 Å². The SMILES string of the molecule is Cc1ccc(NC(=O)C=Cc2ccc(C(=O)NC3CC3)cc2)cc1. The molecule has 0 unspecified atom stereocenters. The lowest BCUT2D eigenvalue weighted by atomic mass is 10.1. The molecule has 0 radical (unpaired) electrons. The second-order valence-electron chi connectivity index (χ2n) is 6.06. The van der Waals surface area contributed by atoms with Crippen molar-refractivity contribution < 1.29 is 9.59 Å². The number of rotatable bonds is 5. The first kappa shape index (κ1) is 16.0. The molecule has 0 spiro atoms. The van der Waals surface area contributed by atoms with Crippen LogP contribution >= 0.6 is 0 Å². The number of carbonyl (C=O) groups is 2.